The summed E-state index contributed by atoms with van der Waals surface area (Å²) in [6.45, 7) is 2.75. The van der Waals surface area contributed by atoms with Crippen molar-refractivity contribution in [2.24, 2.45) is 5.92 Å². The van der Waals surface area contributed by atoms with Gasteiger partial charge >= 0.3 is 0 Å². The summed E-state index contributed by atoms with van der Waals surface area (Å²) in [5, 5.41) is 15.3. The van der Waals surface area contributed by atoms with E-state index in [9.17, 15) is 4.79 Å². The van der Waals surface area contributed by atoms with E-state index in [1.807, 2.05) is 24.3 Å². The van der Waals surface area contributed by atoms with E-state index in [0.29, 0.717) is 18.2 Å². The predicted octanol–water partition coefficient (Wildman–Crippen LogP) is 3.17. The second kappa shape index (κ2) is 8.53. The molecule has 25 heavy (non-hydrogen) atoms. The van der Waals surface area contributed by atoms with E-state index in [2.05, 4.69) is 27.8 Å². The van der Waals surface area contributed by atoms with Crippen LogP contribution in [-0.4, -0.2) is 35.0 Å². The fraction of sp³-hybridized carbons (Fsp3) is 0.471. The molecule has 1 aliphatic carbocycles. The highest BCUT2D eigenvalue weighted by atomic mass is 32.2. The van der Waals surface area contributed by atoms with Gasteiger partial charge in [0.05, 0.1) is 12.9 Å². The molecule has 0 saturated heterocycles. The number of amides is 1. The van der Waals surface area contributed by atoms with Crippen molar-refractivity contribution in [1.29, 1.82) is 0 Å². The van der Waals surface area contributed by atoms with E-state index >= 15 is 0 Å². The number of hydrogen-bond donors (Lipinski definition) is 2. The molecule has 0 spiro atoms. The first kappa shape index (κ1) is 18.0. The molecular weight excluding hydrogens is 356 g/mol. The van der Waals surface area contributed by atoms with Crippen molar-refractivity contribution in [3.05, 3.63) is 29.8 Å². The van der Waals surface area contributed by atoms with Crippen LogP contribution in [0.1, 0.15) is 25.3 Å². The number of ether oxygens (including phenoxy) is 1. The van der Waals surface area contributed by atoms with E-state index in [1.165, 1.54) is 35.9 Å². The number of aromatic nitrogens is 2. The topological polar surface area (TPSA) is 76.1 Å². The number of carbonyl (C=O) groups is 1. The van der Waals surface area contributed by atoms with Gasteiger partial charge in [-0.3, -0.25) is 4.79 Å². The summed E-state index contributed by atoms with van der Waals surface area (Å²) in [7, 11) is 1.65. The minimum atomic E-state index is 0.0624. The maximum Gasteiger partial charge on any atom is 0.230 e. The maximum absolute atomic E-state index is 11.9. The highest BCUT2D eigenvalue weighted by Gasteiger charge is 2.28. The van der Waals surface area contributed by atoms with Gasteiger partial charge in [-0.05, 0) is 43.4 Å². The van der Waals surface area contributed by atoms with E-state index < -0.39 is 0 Å². The molecule has 1 aromatic heterocycles. The SMILES string of the molecule is COc1ccc(CNc2nnc(SCC(=O)N[C@H](C)C3CC3)s2)cc1. The molecule has 2 N–H and O–H groups in total. The Morgan fingerprint density at radius 1 is 1.36 bits per heavy atom. The molecule has 1 atom stereocenters. The number of hydrogen-bond acceptors (Lipinski definition) is 7. The maximum atomic E-state index is 11.9. The molecule has 6 nitrogen and oxygen atoms in total. The second-order valence-corrected chi connectivity index (χ2v) is 8.26. The summed E-state index contributed by atoms with van der Waals surface area (Å²) in [5.41, 5.74) is 1.14. The zero-order valence-corrected chi connectivity index (χ0v) is 16.0. The van der Waals surface area contributed by atoms with E-state index in [1.54, 1.807) is 7.11 Å². The van der Waals surface area contributed by atoms with Crippen LogP contribution >= 0.6 is 23.1 Å². The Hall–Kier alpha value is -1.80. The second-order valence-electron chi connectivity index (χ2n) is 6.06. The average molecular weight is 379 g/mol. The first-order valence-corrected chi connectivity index (χ1v) is 10.1. The Kier molecular flexibility index (Phi) is 6.14. The number of rotatable bonds is 9. The first-order valence-electron chi connectivity index (χ1n) is 8.26. The molecule has 1 aliphatic rings. The van der Waals surface area contributed by atoms with Gasteiger partial charge < -0.3 is 15.4 Å². The minimum Gasteiger partial charge on any atom is -0.497 e. The molecule has 1 aromatic carbocycles. The average Bonchev–Trinajstić information content (AvgIpc) is 3.38. The van der Waals surface area contributed by atoms with Gasteiger partial charge in [0.25, 0.3) is 0 Å². The molecular formula is C17H22N4O2S2. The molecule has 0 aliphatic heterocycles. The lowest BCUT2D eigenvalue weighted by Gasteiger charge is -2.11. The molecule has 0 bridgehead atoms. The van der Waals surface area contributed by atoms with Crippen LogP contribution in [0.4, 0.5) is 5.13 Å². The van der Waals surface area contributed by atoms with Crippen LogP contribution in [0.3, 0.4) is 0 Å². The van der Waals surface area contributed by atoms with Gasteiger partial charge in [0.15, 0.2) is 4.34 Å². The lowest BCUT2D eigenvalue weighted by molar-refractivity contribution is -0.119. The summed E-state index contributed by atoms with van der Waals surface area (Å²) >= 11 is 2.89. The van der Waals surface area contributed by atoms with Crippen LogP contribution in [0.15, 0.2) is 28.6 Å². The molecule has 1 heterocycles. The van der Waals surface area contributed by atoms with Crippen LogP contribution in [-0.2, 0) is 11.3 Å². The number of methoxy groups -OCH3 is 1. The van der Waals surface area contributed by atoms with Crippen molar-refractivity contribution in [2.75, 3.05) is 18.2 Å². The Morgan fingerprint density at radius 2 is 2.12 bits per heavy atom. The van der Waals surface area contributed by atoms with Crippen LogP contribution in [0.2, 0.25) is 0 Å². The standard InChI is InChI=1S/C17H22N4O2S2/c1-11(13-5-6-13)19-15(22)10-24-17-21-20-16(25-17)18-9-12-3-7-14(23-2)8-4-12/h3-4,7-8,11,13H,5-6,9-10H2,1-2H3,(H,18,20)(H,19,22)/t11-/m1/s1. The van der Waals surface area contributed by atoms with Gasteiger partial charge in [-0.1, -0.05) is 35.2 Å². The van der Waals surface area contributed by atoms with Crippen molar-refractivity contribution >= 4 is 34.1 Å². The van der Waals surface area contributed by atoms with Gasteiger partial charge in [0.1, 0.15) is 5.75 Å². The lowest BCUT2D eigenvalue weighted by atomic mass is 10.2. The van der Waals surface area contributed by atoms with Crippen LogP contribution in [0.25, 0.3) is 0 Å². The van der Waals surface area contributed by atoms with Crippen molar-refractivity contribution in [2.45, 2.75) is 36.7 Å². The van der Waals surface area contributed by atoms with Gasteiger partial charge in [0.2, 0.25) is 11.0 Å². The highest BCUT2D eigenvalue weighted by molar-refractivity contribution is 8.01. The number of carbonyl (C=O) groups excluding carboxylic acids is 1. The van der Waals surface area contributed by atoms with Crippen molar-refractivity contribution < 1.29 is 9.53 Å². The third-order valence-corrected chi connectivity index (χ3v) is 6.07. The highest BCUT2D eigenvalue weighted by Crippen LogP contribution is 2.32. The molecule has 1 amide bonds. The molecule has 8 heteroatoms. The van der Waals surface area contributed by atoms with E-state index in [-0.39, 0.29) is 11.9 Å². The summed E-state index contributed by atoms with van der Waals surface area (Å²) in [4.78, 5) is 11.9. The molecule has 0 radical (unpaired) electrons. The zero-order chi connectivity index (χ0) is 17.6. The molecule has 1 fully saturated rings. The number of nitrogens with one attached hydrogen (secondary N) is 2. The number of nitrogens with zero attached hydrogens (tertiary/aromatic N) is 2. The molecule has 2 aromatic rings. The van der Waals surface area contributed by atoms with E-state index in [0.717, 1.165) is 20.8 Å². The molecule has 134 valence electrons. The molecule has 0 unspecified atom stereocenters. The quantitative estimate of drug-likeness (QED) is 0.653. The fourth-order valence-electron chi connectivity index (χ4n) is 2.40. The fourth-order valence-corrected chi connectivity index (χ4v) is 3.96. The van der Waals surface area contributed by atoms with Gasteiger partial charge in [-0.25, -0.2) is 0 Å². The minimum absolute atomic E-state index is 0.0624. The van der Waals surface area contributed by atoms with Crippen LogP contribution in [0, 0.1) is 5.92 Å². The lowest BCUT2D eigenvalue weighted by Crippen LogP contribution is -2.35. The summed E-state index contributed by atoms with van der Waals surface area (Å²) in [6, 6.07) is 8.16. The zero-order valence-electron chi connectivity index (χ0n) is 14.3. The Bertz CT molecular complexity index is 701. The van der Waals surface area contributed by atoms with E-state index in [4.69, 9.17) is 4.74 Å². The molecule has 1 saturated carbocycles. The summed E-state index contributed by atoms with van der Waals surface area (Å²) < 4.78 is 5.94. The third-order valence-electron chi connectivity index (χ3n) is 4.05. The summed E-state index contributed by atoms with van der Waals surface area (Å²) in [5.74, 6) is 1.95. The van der Waals surface area contributed by atoms with Crippen molar-refractivity contribution in [3.63, 3.8) is 0 Å². The monoisotopic (exact) mass is 378 g/mol. The van der Waals surface area contributed by atoms with Crippen LogP contribution < -0.4 is 15.4 Å². The Labute approximate surface area is 155 Å². The largest absolute Gasteiger partial charge is 0.497 e. The van der Waals surface area contributed by atoms with Crippen molar-refractivity contribution in [3.8, 4) is 5.75 Å². The summed E-state index contributed by atoms with van der Waals surface area (Å²) in [6.07, 6.45) is 2.46. The van der Waals surface area contributed by atoms with Gasteiger partial charge in [0, 0.05) is 12.6 Å². The third kappa shape index (κ3) is 5.61. The smallest absolute Gasteiger partial charge is 0.230 e. The number of benzene rings is 1. The molecule has 3 rings (SSSR count). The Morgan fingerprint density at radius 3 is 2.80 bits per heavy atom. The van der Waals surface area contributed by atoms with Gasteiger partial charge in [-0.15, -0.1) is 10.2 Å². The first-order chi connectivity index (χ1) is 12.1. The van der Waals surface area contributed by atoms with Gasteiger partial charge in [-0.2, -0.15) is 0 Å². The number of anilines is 1. The van der Waals surface area contributed by atoms with Crippen molar-refractivity contribution in [1.82, 2.24) is 15.5 Å². The normalized spacial score (nSPS) is 14.8. The Balaban J connectivity index is 1.41. The number of thioether (sulfide) groups is 1. The van der Waals surface area contributed by atoms with Crippen LogP contribution in [0.5, 0.6) is 5.75 Å². The predicted molar refractivity (Wildman–Crippen MR) is 101 cm³/mol.